The zero-order valence-electron chi connectivity index (χ0n) is 12.5. The number of carbonyl (C=O) groups excluding carboxylic acids is 2. The fraction of sp³-hybridized carbons (Fsp3) is 0.125. The molecule has 126 valence electrons. The topological polar surface area (TPSA) is 127 Å². The molecule has 0 fully saturated rings. The number of hydrogen-bond acceptors (Lipinski definition) is 6. The van der Waals surface area contributed by atoms with Gasteiger partial charge in [0.2, 0.25) is 0 Å². The van der Waals surface area contributed by atoms with E-state index >= 15 is 0 Å². The second-order valence-electron chi connectivity index (χ2n) is 4.33. The molecule has 0 spiro atoms. The maximum absolute atomic E-state index is 12.0. The van der Waals surface area contributed by atoms with Crippen LogP contribution in [-0.2, 0) is 9.47 Å². The maximum atomic E-state index is 12.0. The molecule has 0 saturated carbocycles. The highest BCUT2D eigenvalue weighted by molar-refractivity contribution is 6.09. The van der Waals surface area contributed by atoms with Crippen molar-refractivity contribution in [3.05, 3.63) is 59.7 Å². The molecule has 1 aromatic carbocycles. The molecule has 0 bridgehead atoms. The van der Waals surface area contributed by atoms with Gasteiger partial charge >= 0.3 is 23.9 Å². The Kier molecular flexibility index (Phi) is 6.42. The van der Waals surface area contributed by atoms with Crippen LogP contribution in [0.25, 0.3) is 0 Å². The van der Waals surface area contributed by atoms with Gasteiger partial charge in [-0.05, 0) is 12.1 Å². The van der Waals surface area contributed by atoms with Crippen molar-refractivity contribution in [3.63, 3.8) is 0 Å². The Hall–Kier alpha value is -3.42. The van der Waals surface area contributed by atoms with E-state index in [4.69, 9.17) is 19.7 Å². The van der Waals surface area contributed by atoms with E-state index in [0.717, 1.165) is 12.1 Å². The van der Waals surface area contributed by atoms with Crippen LogP contribution in [0.1, 0.15) is 41.4 Å². The van der Waals surface area contributed by atoms with Gasteiger partial charge in [-0.25, -0.2) is 19.2 Å². The molecule has 1 rings (SSSR count). The first-order valence-electron chi connectivity index (χ1n) is 6.54. The second-order valence-corrected chi connectivity index (χ2v) is 4.33. The molecule has 1 aromatic rings. The molecule has 0 aliphatic heterocycles. The molecule has 2 N–H and O–H groups in total. The normalized spacial score (nSPS) is 9.67. The summed E-state index contributed by atoms with van der Waals surface area (Å²) in [4.78, 5) is 46.5. The van der Waals surface area contributed by atoms with E-state index in [2.05, 4.69) is 13.2 Å². The Balaban J connectivity index is 3.52. The number of benzene rings is 1. The summed E-state index contributed by atoms with van der Waals surface area (Å²) in [6.45, 7) is 6.36. The summed E-state index contributed by atoms with van der Waals surface area (Å²) in [6, 6.07) is 1.53. The fourth-order valence-corrected chi connectivity index (χ4v) is 1.72. The van der Waals surface area contributed by atoms with Crippen molar-refractivity contribution >= 4 is 23.9 Å². The first-order valence-corrected chi connectivity index (χ1v) is 6.54. The predicted octanol–water partition coefficient (Wildman–Crippen LogP) is 1.77. The molecule has 0 atom stereocenters. The smallest absolute Gasteiger partial charge is 0.339 e. The third-order valence-corrected chi connectivity index (χ3v) is 2.72. The SMILES string of the molecule is C=CCOC(=O)c1cc(C(=O)O)c(C(=O)O)cc1C(=O)OCC=C. The first kappa shape index (κ1) is 18.6. The first-order chi connectivity index (χ1) is 11.3. The molecular weight excluding hydrogens is 320 g/mol. The average Bonchev–Trinajstić information content (AvgIpc) is 2.55. The van der Waals surface area contributed by atoms with Gasteiger partial charge in [0.25, 0.3) is 0 Å². The van der Waals surface area contributed by atoms with Crippen molar-refractivity contribution in [1.29, 1.82) is 0 Å². The minimum absolute atomic E-state index is 0.178. The van der Waals surface area contributed by atoms with Crippen molar-refractivity contribution in [2.24, 2.45) is 0 Å². The molecule has 0 amide bonds. The summed E-state index contributed by atoms with van der Waals surface area (Å²) >= 11 is 0. The highest BCUT2D eigenvalue weighted by atomic mass is 16.5. The lowest BCUT2D eigenvalue weighted by atomic mass is 9.98. The van der Waals surface area contributed by atoms with E-state index in [1.807, 2.05) is 0 Å². The number of esters is 2. The molecule has 0 aliphatic rings. The summed E-state index contributed by atoms with van der Waals surface area (Å²) < 4.78 is 9.56. The molecule has 0 aromatic heterocycles. The zero-order chi connectivity index (χ0) is 18.3. The Morgan fingerprint density at radius 3 is 1.38 bits per heavy atom. The van der Waals surface area contributed by atoms with Gasteiger partial charge in [-0.2, -0.15) is 0 Å². The van der Waals surface area contributed by atoms with Crippen molar-refractivity contribution in [1.82, 2.24) is 0 Å². The van der Waals surface area contributed by atoms with Crippen LogP contribution >= 0.6 is 0 Å². The third kappa shape index (κ3) is 4.29. The molecule has 0 radical (unpaired) electrons. The van der Waals surface area contributed by atoms with Crippen LogP contribution < -0.4 is 0 Å². The van der Waals surface area contributed by atoms with Gasteiger partial charge in [0.15, 0.2) is 0 Å². The number of ether oxygens (including phenoxy) is 2. The van der Waals surface area contributed by atoms with E-state index in [1.165, 1.54) is 12.2 Å². The van der Waals surface area contributed by atoms with Crippen LogP contribution in [0.2, 0.25) is 0 Å². The van der Waals surface area contributed by atoms with E-state index in [-0.39, 0.29) is 13.2 Å². The Morgan fingerprint density at radius 1 is 0.792 bits per heavy atom. The standard InChI is InChI=1S/C16H14O8/c1-3-5-23-15(21)11-7-9(13(17)18)10(14(19)20)8-12(11)16(22)24-6-4-2/h3-4,7-8H,1-2,5-6H2,(H,17,18)(H,19,20). The average molecular weight is 334 g/mol. The maximum Gasteiger partial charge on any atom is 0.339 e. The Labute approximate surface area is 136 Å². The van der Waals surface area contributed by atoms with E-state index in [9.17, 15) is 19.2 Å². The van der Waals surface area contributed by atoms with Gasteiger partial charge in [-0.1, -0.05) is 25.3 Å². The third-order valence-electron chi connectivity index (χ3n) is 2.72. The summed E-state index contributed by atoms with van der Waals surface area (Å²) in [5, 5.41) is 18.2. The molecule has 0 saturated heterocycles. The highest BCUT2D eigenvalue weighted by Gasteiger charge is 2.26. The lowest BCUT2D eigenvalue weighted by Gasteiger charge is -2.11. The van der Waals surface area contributed by atoms with Crippen LogP contribution in [-0.4, -0.2) is 47.3 Å². The van der Waals surface area contributed by atoms with Crippen molar-refractivity contribution in [3.8, 4) is 0 Å². The number of carbonyl (C=O) groups is 4. The van der Waals surface area contributed by atoms with Crippen LogP contribution in [0.4, 0.5) is 0 Å². The molecule has 0 aliphatic carbocycles. The number of rotatable bonds is 8. The summed E-state index contributed by atoms with van der Waals surface area (Å²) in [5.74, 6) is -5.17. The summed E-state index contributed by atoms with van der Waals surface area (Å²) in [5.41, 5.74) is -2.16. The lowest BCUT2D eigenvalue weighted by Crippen LogP contribution is -2.18. The fourth-order valence-electron chi connectivity index (χ4n) is 1.72. The summed E-state index contributed by atoms with van der Waals surface area (Å²) in [7, 11) is 0. The van der Waals surface area contributed by atoms with E-state index in [0.29, 0.717) is 0 Å². The van der Waals surface area contributed by atoms with Gasteiger partial charge in [0.1, 0.15) is 13.2 Å². The second kappa shape index (κ2) is 8.28. The van der Waals surface area contributed by atoms with Crippen molar-refractivity contribution < 1.29 is 38.9 Å². The van der Waals surface area contributed by atoms with Crippen LogP contribution in [0.3, 0.4) is 0 Å². The Morgan fingerprint density at radius 2 is 1.12 bits per heavy atom. The van der Waals surface area contributed by atoms with Gasteiger partial charge in [-0.3, -0.25) is 0 Å². The summed E-state index contributed by atoms with van der Waals surface area (Å²) in [6.07, 6.45) is 2.55. The molecule has 8 nitrogen and oxygen atoms in total. The van der Waals surface area contributed by atoms with Crippen LogP contribution in [0, 0.1) is 0 Å². The predicted molar refractivity (Wildman–Crippen MR) is 81.3 cm³/mol. The van der Waals surface area contributed by atoms with E-state index in [1.54, 1.807) is 0 Å². The molecule has 0 heterocycles. The van der Waals surface area contributed by atoms with Gasteiger partial charge in [0.05, 0.1) is 22.3 Å². The monoisotopic (exact) mass is 334 g/mol. The van der Waals surface area contributed by atoms with Crippen LogP contribution in [0.15, 0.2) is 37.4 Å². The van der Waals surface area contributed by atoms with E-state index < -0.39 is 46.1 Å². The van der Waals surface area contributed by atoms with Crippen molar-refractivity contribution in [2.75, 3.05) is 13.2 Å². The van der Waals surface area contributed by atoms with Crippen molar-refractivity contribution in [2.45, 2.75) is 0 Å². The number of aromatic carboxylic acids is 2. The van der Waals surface area contributed by atoms with Gasteiger partial charge in [0, 0.05) is 0 Å². The molecule has 24 heavy (non-hydrogen) atoms. The number of hydrogen-bond donors (Lipinski definition) is 2. The number of carboxylic acid groups (broad SMARTS) is 2. The largest absolute Gasteiger partial charge is 0.478 e. The Bertz CT molecular complexity index is 656. The molecular formula is C16H14O8. The van der Waals surface area contributed by atoms with Crippen LogP contribution in [0.5, 0.6) is 0 Å². The zero-order valence-corrected chi connectivity index (χ0v) is 12.5. The van der Waals surface area contributed by atoms with Gasteiger partial charge in [-0.15, -0.1) is 0 Å². The quantitative estimate of drug-likeness (QED) is 0.544. The lowest BCUT2D eigenvalue weighted by molar-refractivity contribution is 0.0501. The minimum Gasteiger partial charge on any atom is -0.478 e. The highest BCUT2D eigenvalue weighted by Crippen LogP contribution is 2.20. The minimum atomic E-state index is -1.57. The number of carboxylic acids is 2. The molecule has 8 heteroatoms. The van der Waals surface area contributed by atoms with Gasteiger partial charge < -0.3 is 19.7 Å². The molecule has 0 unspecified atom stereocenters.